The number of hydrogen-bond acceptors (Lipinski definition) is 7. The van der Waals surface area contributed by atoms with E-state index in [4.69, 9.17) is 9.47 Å². The molecule has 1 heterocycles. The van der Waals surface area contributed by atoms with Crippen molar-refractivity contribution in [2.75, 3.05) is 31.6 Å². The molecule has 3 aromatic carbocycles. The fourth-order valence-corrected chi connectivity index (χ4v) is 4.81. The number of amides is 3. The molecule has 0 bridgehead atoms. The molecule has 3 amide bonds. The lowest BCUT2D eigenvalue weighted by Crippen LogP contribution is -2.71. The predicted octanol–water partition coefficient (Wildman–Crippen LogP) is 4.27. The first kappa shape index (κ1) is 31.2. The molecule has 0 aliphatic carbocycles. The normalized spacial score (nSPS) is 14.4. The van der Waals surface area contributed by atoms with Crippen LogP contribution >= 0.6 is 0 Å². The molecule has 0 atom stereocenters. The van der Waals surface area contributed by atoms with Gasteiger partial charge in [0.05, 0.1) is 18.6 Å². The third-order valence-electron chi connectivity index (χ3n) is 7.26. The number of carbonyl (C=O) groups excluding carboxylic acids is 4. The molecule has 10 nitrogen and oxygen atoms in total. The number of para-hydroxylation sites is 1. The second kappa shape index (κ2) is 14.5. The average Bonchev–Trinajstić information content (AvgIpc) is 3.03. The van der Waals surface area contributed by atoms with Gasteiger partial charge in [-0.2, -0.15) is 0 Å². The molecule has 2 N–H and O–H groups in total. The Morgan fingerprint density at radius 2 is 1.47 bits per heavy atom. The summed E-state index contributed by atoms with van der Waals surface area (Å²) in [4.78, 5) is 53.1. The van der Waals surface area contributed by atoms with Crippen molar-refractivity contribution in [3.8, 4) is 5.75 Å². The number of ether oxygens (including phenoxy) is 2. The molecular weight excluding hydrogens is 548 g/mol. The van der Waals surface area contributed by atoms with Crippen molar-refractivity contribution >= 4 is 29.4 Å². The van der Waals surface area contributed by atoms with E-state index < -0.39 is 29.8 Å². The second-order valence-corrected chi connectivity index (χ2v) is 10.2. The van der Waals surface area contributed by atoms with Crippen molar-refractivity contribution in [3.05, 3.63) is 95.6 Å². The number of nitrogens with one attached hydrogen (secondary N) is 2. The number of esters is 1. The zero-order chi connectivity index (χ0) is 30.8. The van der Waals surface area contributed by atoms with Crippen LogP contribution in [-0.2, 0) is 31.0 Å². The van der Waals surface area contributed by atoms with E-state index in [0.717, 1.165) is 12.8 Å². The van der Waals surface area contributed by atoms with Gasteiger partial charge in [0, 0.05) is 18.8 Å². The number of unbranched alkanes of at least 4 members (excludes halogenated alkanes) is 1. The van der Waals surface area contributed by atoms with Crippen molar-refractivity contribution in [2.24, 2.45) is 0 Å². The number of hydrogen-bond donors (Lipinski definition) is 2. The summed E-state index contributed by atoms with van der Waals surface area (Å²) in [6.07, 6.45) is 1.80. The zero-order valence-corrected chi connectivity index (χ0v) is 24.8. The summed E-state index contributed by atoms with van der Waals surface area (Å²) in [7, 11) is 0. The van der Waals surface area contributed by atoms with Crippen LogP contribution < -0.4 is 15.6 Å². The van der Waals surface area contributed by atoms with Crippen molar-refractivity contribution in [1.82, 2.24) is 15.6 Å². The van der Waals surface area contributed by atoms with E-state index in [-0.39, 0.29) is 12.3 Å². The van der Waals surface area contributed by atoms with Gasteiger partial charge in [0.25, 0.3) is 17.7 Å². The minimum absolute atomic E-state index is 0.0805. The second-order valence-electron chi connectivity index (χ2n) is 10.2. The lowest BCUT2D eigenvalue weighted by molar-refractivity contribution is -0.177. The summed E-state index contributed by atoms with van der Waals surface area (Å²) >= 11 is 0. The van der Waals surface area contributed by atoms with Crippen molar-refractivity contribution in [2.45, 2.75) is 45.4 Å². The summed E-state index contributed by atoms with van der Waals surface area (Å²) < 4.78 is 11.4. The Labute approximate surface area is 251 Å². The molecule has 226 valence electrons. The maximum atomic E-state index is 13.6. The van der Waals surface area contributed by atoms with Crippen LogP contribution in [0.5, 0.6) is 5.75 Å². The lowest BCUT2D eigenvalue weighted by atomic mass is 9.78. The van der Waals surface area contributed by atoms with Crippen LogP contribution in [0.2, 0.25) is 0 Å². The fourth-order valence-electron chi connectivity index (χ4n) is 4.81. The van der Waals surface area contributed by atoms with Crippen molar-refractivity contribution < 1.29 is 28.7 Å². The SMILES string of the molecule is CCCCOc1ccccc1C(=O)Nc1ccc(CC(=O)OCC2(c3ccccc3)C(=O)N(CC)NN(CC)C2=O)cc1. The van der Waals surface area contributed by atoms with Gasteiger partial charge in [-0.3, -0.25) is 29.2 Å². The number of likely N-dealkylation sites (N-methyl/N-ethyl adjacent to an activating group) is 2. The van der Waals surface area contributed by atoms with Gasteiger partial charge in [0.1, 0.15) is 12.4 Å². The predicted molar refractivity (Wildman–Crippen MR) is 162 cm³/mol. The minimum Gasteiger partial charge on any atom is -0.493 e. The van der Waals surface area contributed by atoms with Gasteiger partial charge in [-0.05, 0) is 55.7 Å². The molecule has 3 aromatic rings. The van der Waals surface area contributed by atoms with E-state index in [9.17, 15) is 19.2 Å². The Balaban J connectivity index is 1.43. The number of carbonyl (C=O) groups is 4. The van der Waals surface area contributed by atoms with Crippen LogP contribution in [-0.4, -0.2) is 60.0 Å². The van der Waals surface area contributed by atoms with E-state index in [0.29, 0.717) is 47.8 Å². The van der Waals surface area contributed by atoms with E-state index >= 15 is 0 Å². The van der Waals surface area contributed by atoms with E-state index in [1.54, 1.807) is 86.6 Å². The Morgan fingerprint density at radius 1 is 0.837 bits per heavy atom. The Kier molecular flexibility index (Phi) is 10.5. The average molecular weight is 587 g/mol. The van der Waals surface area contributed by atoms with Gasteiger partial charge in [-0.25, -0.2) is 0 Å². The first-order valence-electron chi connectivity index (χ1n) is 14.6. The van der Waals surface area contributed by atoms with Crippen molar-refractivity contribution in [1.29, 1.82) is 0 Å². The molecule has 1 aliphatic heterocycles. The molecule has 4 rings (SSSR count). The van der Waals surface area contributed by atoms with Crippen LogP contribution in [0.1, 0.15) is 55.1 Å². The summed E-state index contributed by atoms with van der Waals surface area (Å²) in [5.74, 6) is -1.34. The number of rotatable bonds is 13. The standard InChI is InChI=1S/C33H38N4O6/c1-4-7-21-42-28-16-12-11-15-27(28)30(39)34-26-19-17-24(18-20-26)22-29(38)43-23-33(25-13-9-8-10-14-25)31(40)36(5-2)35-37(6-3)32(33)41/h8-20,35H,4-7,21-23H2,1-3H3,(H,34,39). The molecule has 1 aliphatic rings. The van der Waals surface area contributed by atoms with Crippen LogP contribution in [0.15, 0.2) is 78.9 Å². The number of benzene rings is 3. The number of anilines is 1. The van der Waals surface area contributed by atoms with Crippen LogP contribution in [0.4, 0.5) is 5.69 Å². The number of hydrazine groups is 2. The highest BCUT2D eigenvalue weighted by molar-refractivity contribution is 6.12. The smallest absolute Gasteiger partial charge is 0.310 e. The molecule has 0 radical (unpaired) electrons. The molecule has 1 saturated heterocycles. The highest BCUT2D eigenvalue weighted by Crippen LogP contribution is 2.32. The quantitative estimate of drug-likeness (QED) is 0.175. The molecule has 0 unspecified atom stereocenters. The van der Waals surface area contributed by atoms with E-state index in [1.807, 2.05) is 6.07 Å². The fraction of sp³-hybridized carbons (Fsp3) is 0.333. The third kappa shape index (κ3) is 7.03. The largest absolute Gasteiger partial charge is 0.493 e. The monoisotopic (exact) mass is 586 g/mol. The summed E-state index contributed by atoms with van der Waals surface area (Å²) in [6.45, 7) is 6.38. The lowest BCUT2D eigenvalue weighted by Gasteiger charge is -2.45. The first-order valence-corrected chi connectivity index (χ1v) is 14.6. The molecular formula is C33H38N4O6. The summed E-state index contributed by atoms with van der Waals surface area (Å²) in [5, 5.41) is 5.58. The van der Waals surface area contributed by atoms with Crippen LogP contribution in [0.3, 0.4) is 0 Å². The van der Waals surface area contributed by atoms with Gasteiger partial charge in [0.2, 0.25) is 0 Å². The molecule has 0 aromatic heterocycles. The van der Waals surface area contributed by atoms with E-state index in [2.05, 4.69) is 17.8 Å². The van der Waals surface area contributed by atoms with Crippen molar-refractivity contribution in [3.63, 3.8) is 0 Å². The Bertz CT molecular complexity index is 1400. The first-order chi connectivity index (χ1) is 20.8. The summed E-state index contributed by atoms with van der Waals surface area (Å²) in [5.41, 5.74) is 3.22. The van der Waals surface area contributed by atoms with Gasteiger partial charge < -0.3 is 14.8 Å². The van der Waals surface area contributed by atoms with Gasteiger partial charge in [-0.15, -0.1) is 5.53 Å². The van der Waals surface area contributed by atoms with E-state index in [1.165, 1.54) is 10.0 Å². The Morgan fingerprint density at radius 3 is 2.09 bits per heavy atom. The topological polar surface area (TPSA) is 117 Å². The zero-order valence-electron chi connectivity index (χ0n) is 24.8. The molecule has 0 spiro atoms. The van der Waals surface area contributed by atoms with Crippen LogP contribution in [0.25, 0.3) is 0 Å². The maximum Gasteiger partial charge on any atom is 0.310 e. The van der Waals surface area contributed by atoms with Gasteiger partial charge in [0.15, 0.2) is 5.41 Å². The maximum absolute atomic E-state index is 13.6. The molecule has 0 saturated carbocycles. The highest BCUT2D eigenvalue weighted by atomic mass is 16.5. The highest BCUT2D eigenvalue weighted by Gasteiger charge is 2.56. The van der Waals surface area contributed by atoms with Crippen LogP contribution in [0, 0.1) is 0 Å². The Hall–Kier alpha value is -4.70. The molecule has 1 fully saturated rings. The number of nitrogens with zero attached hydrogens (tertiary/aromatic N) is 2. The summed E-state index contributed by atoms with van der Waals surface area (Å²) in [6, 6.07) is 22.6. The van der Waals surface area contributed by atoms with Gasteiger partial charge in [-0.1, -0.05) is 67.9 Å². The molecule has 10 heteroatoms. The van der Waals surface area contributed by atoms with Gasteiger partial charge >= 0.3 is 5.97 Å². The molecule has 43 heavy (non-hydrogen) atoms. The minimum atomic E-state index is -1.71. The third-order valence-corrected chi connectivity index (χ3v) is 7.26.